The molecule has 0 saturated carbocycles. The number of fused-ring (bicyclic) bond motifs is 1. The molecule has 0 unspecified atom stereocenters. The molecule has 0 atom stereocenters. The lowest BCUT2D eigenvalue weighted by molar-refractivity contribution is 0.306. The normalized spacial score (nSPS) is 16.2. The summed E-state index contributed by atoms with van der Waals surface area (Å²) in [5.41, 5.74) is 5.17. The van der Waals surface area contributed by atoms with E-state index in [0.29, 0.717) is 18.9 Å². The smallest absolute Gasteiger partial charge is 0.293 e. The third-order valence-electron chi connectivity index (χ3n) is 6.31. The number of piperidine rings is 1. The third kappa shape index (κ3) is 5.02. The quantitative estimate of drug-likeness (QED) is 0.372. The van der Waals surface area contributed by atoms with Crippen molar-refractivity contribution in [3.05, 3.63) is 88.1 Å². The van der Waals surface area contributed by atoms with Crippen molar-refractivity contribution in [1.29, 1.82) is 0 Å². The number of nitrogens with zero attached hydrogens (tertiary/aromatic N) is 3. The first kappa shape index (κ1) is 21.9. The van der Waals surface area contributed by atoms with Gasteiger partial charge in [-0.2, -0.15) is 0 Å². The number of aromatic nitrogens is 1. The number of pyridine rings is 1. The molecule has 5 rings (SSSR count). The maximum absolute atomic E-state index is 10.7. The van der Waals surface area contributed by atoms with Crippen LogP contribution < -0.4 is 4.74 Å². The van der Waals surface area contributed by atoms with Gasteiger partial charge in [0.2, 0.25) is 0 Å². The van der Waals surface area contributed by atoms with Gasteiger partial charge in [-0.05, 0) is 55.3 Å². The summed E-state index contributed by atoms with van der Waals surface area (Å²) in [7, 11) is 1.62. The van der Waals surface area contributed by atoms with Gasteiger partial charge in [-0.15, -0.1) is 0 Å². The highest BCUT2D eigenvalue weighted by molar-refractivity contribution is 6.64. The molecule has 3 heterocycles. The Morgan fingerprint density at radius 2 is 1.85 bits per heavy atom. The first-order chi connectivity index (χ1) is 16.2. The van der Waals surface area contributed by atoms with Crippen LogP contribution in [0.2, 0.25) is 5.02 Å². The Balaban J connectivity index is 1.27. The minimum Gasteiger partial charge on any atom is -0.489 e. The van der Waals surface area contributed by atoms with Crippen LogP contribution in [0, 0.1) is 0 Å². The fourth-order valence-corrected chi connectivity index (χ4v) is 4.68. The molecule has 1 saturated heterocycles. The predicted molar refractivity (Wildman–Crippen MR) is 132 cm³/mol. The zero-order chi connectivity index (χ0) is 22.6. The molecule has 33 heavy (non-hydrogen) atoms. The van der Waals surface area contributed by atoms with Crippen molar-refractivity contribution in [3.63, 3.8) is 0 Å². The summed E-state index contributed by atoms with van der Waals surface area (Å²) in [6, 6.07) is 20.2. The summed E-state index contributed by atoms with van der Waals surface area (Å²) in [5, 5.41) is 0.739. The highest BCUT2D eigenvalue weighted by Crippen LogP contribution is 2.37. The minimum atomic E-state index is 0.340. The summed E-state index contributed by atoms with van der Waals surface area (Å²) in [6.07, 6.45) is 3.45. The Morgan fingerprint density at radius 3 is 2.58 bits per heavy atom. The van der Waals surface area contributed by atoms with Crippen LogP contribution in [0.15, 0.2) is 65.7 Å². The van der Waals surface area contributed by atoms with Crippen LogP contribution in [0.5, 0.6) is 5.75 Å². The van der Waals surface area contributed by atoms with Gasteiger partial charge in [-0.1, -0.05) is 54.1 Å². The lowest BCUT2D eigenvalue weighted by Crippen LogP contribution is -2.36. The van der Waals surface area contributed by atoms with Gasteiger partial charge in [0.1, 0.15) is 12.4 Å². The molecule has 0 N–H and O–H groups in total. The van der Waals surface area contributed by atoms with E-state index in [0.717, 1.165) is 76.8 Å². The second-order valence-corrected chi connectivity index (χ2v) is 8.87. The van der Waals surface area contributed by atoms with Crippen molar-refractivity contribution in [1.82, 2.24) is 9.79 Å². The summed E-state index contributed by atoms with van der Waals surface area (Å²) in [4.78, 5) is 22.5. The first-order valence-corrected chi connectivity index (χ1v) is 11.6. The van der Waals surface area contributed by atoms with E-state index >= 15 is 0 Å². The van der Waals surface area contributed by atoms with E-state index in [2.05, 4.69) is 29.1 Å². The Hall–Kier alpha value is -2.96. The van der Waals surface area contributed by atoms with E-state index in [4.69, 9.17) is 26.3 Å². The molecule has 0 aliphatic carbocycles. The molecule has 3 aromatic rings. The molecule has 2 aliphatic heterocycles. The number of rotatable bonds is 7. The lowest BCUT2D eigenvalue weighted by Gasteiger charge is -2.30. The Morgan fingerprint density at radius 1 is 1.09 bits per heavy atom. The van der Waals surface area contributed by atoms with E-state index in [1.165, 1.54) is 0 Å². The molecule has 5 nitrogen and oxygen atoms in total. The van der Waals surface area contributed by atoms with Crippen LogP contribution in [0.1, 0.15) is 41.1 Å². The van der Waals surface area contributed by atoms with Crippen molar-refractivity contribution >= 4 is 36.7 Å². The summed E-state index contributed by atoms with van der Waals surface area (Å²) < 4.78 is 5.83. The number of carbonyl (C=O) groups is 1. The highest BCUT2D eigenvalue weighted by Gasteiger charge is 2.26. The molecule has 0 spiro atoms. The van der Waals surface area contributed by atoms with E-state index in [1.54, 1.807) is 7.41 Å². The number of hydrogen-bond acceptors (Lipinski definition) is 5. The molecule has 2 aromatic carbocycles. The van der Waals surface area contributed by atoms with E-state index < -0.39 is 0 Å². The maximum Gasteiger partial charge on any atom is 0.293 e. The Kier molecular flexibility index (Phi) is 6.56. The van der Waals surface area contributed by atoms with Crippen LogP contribution in [0.3, 0.4) is 0 Å². The Bertz CT molecular complexity index is 1160. The minimum absolute atomic E-state index is 0.340. The van der Waals surface area contributed by atoms with Crippen LogP contribution in [0.4, 0.5) is 5.82 Å². The number of hydrogen-bond donors (Lipinski definition) is 0. The zero-order valence-electron chi connectivity index (χ0n) is 18.3. The predicted octanol–water partition coefficient (Wildman–Crippen LogP) is 4.98. The van der Waals surface area contributed by atoms with Crippen molar-refractivity contribution < 1.29 is 9.53 Å². The van der Waals surface area contributed by atoms with Crippen molar-refractivity contribution in [3.8, 4) is 5.75 Å². The molecule has 0 amide bonds. The van der Waals surface area contributed by atoms with Crippen molar-refractivity contribution in [2.75, 3.05) is 13.1 Å². The summed E-state index contributed by atoms with van der Waals surface area (Å²) in [6.45, 7) is 2.24. The number of carbonyl (C=O) groups excluding carboxylic acids is 1. The molecule has 2 aliphatic rings. The van der Waals surface area contributed by atoms with Gasteiger partial charge in [0.15, 0.2) is 5.82 Å². The Labute approximate surface area is 199 Å². The fraction of sp³-hybridized carbons (Fsp3) is 0.269. The van der Waals surface area contributed by atoms with Gasteiger partial charge in [0.05, 0.1) is 11.9 Å². The highest BCUT2D eigenvalue weighted by atomic mass is 35.5. The first-order valence-electron chi connectivity index (χ1n) is 11.3. The molecule has 7 heteroatoms. The van der Waals surface area contributed by atoms with Gasteiger partial charge in [-0.3, -0.25) is 0 Å². The number of aliphatic imine (C=N–C) groups is 1. The summed E-state index contributed by atoms with van der Waals surface area (Å²) >= 11 is 6.66. The molecular weight excluding hydrogens is 433 g/mol. The SMILES string of the molecule is O=C[B]N1CCC(c2cc(Cl)c3c(n2)N=C(c2ccc(COc4ccccc4)cc2)C3)CC1. The average Bonchev–Trinajstić information content (AvgIpc) is 3.29. The maximum atomic E-state index is 10.7. The molecule has 1 radical (unpaired) electrons. The molecule has 1 fully saturated rings. The molecule has 1 aromatic heterocycles. The number of para-hydroxylation sites is 1. The molecule has 0 bridgehead atoms. The topological polar surface area (TPSA) is 54.8 Å². The van der Waals surface area contributed by atoms with Gasteiger partial charge < -0.3 is 14.3 Å². The number of ether oxygens (including phenoxy) is 1. The molecule has 165 valence electrons. The van der Waals surface area contributed by atoms with Crippen LogP contribution in [0.25, 0.3) is 0 Å². The lowest BCUT2D eigenvalue weighted by atomic mass is 9.85. The second kappa shape index (κ2) is 9.90. The standard InChI is InChI=1S/C26H24BClN3O2/c28-23-15-25(20-10-12-31(13-11-20)27-17-32)30-26-22(23)14-24(29-26)19-8-6-18(7-9-19)16-33-21-4-2-1-3-5-21/h1-9,15,17,20H,10-14,16H2. The number of benzene rings is 2. The third-order valence-corrected chi connectivity index (χ3v) is 6.65. The van der Waals surface area contributed by atoms with Gasteiger partial charge in [-0.25, -0.2) is 9.98 Å². The van der Waals surface area contributed by atoms with E-state index in [1.807, 2.05) is 36.4 Å². The van der Waals surface area contributed by atoms with Crippen LogP contribution in [-0.4, -0.2) is 42.2 Å². The largest absolute Gasteiger partial charge is 0.489 e. The average molecular weight is 457 g/mol. The van der Waals surface area contributed by atoms with Gasteiger partial charge in [0.25, 0.3) is 7.41 Å². The monoisotopic (exact) mass is 456 g/mol. The van der Waals surface area contributed by atoms with Crippen molar-refractivity contribution in [2.45, 2.75) is 31.8 Å². The van der Waals surface area contributed by atoms with Gasteiger partial charge in [0, 0.05) is 28.6 Å². The van der Waals surface area contributed by atoms with Crippen LogP contribution >= 0.6 is 11.6 Å². The van der Waals surface area contributed by atoms with E-state index in [-0.39, 0.29) is 0 Å². The fourth-order valence-electron chi connectivity index (χ4n) is 4.42. The second-order valence-electron chi connectivity index (χ2n) is 8.46. The van der Waals surface area contributed by atoms with Crippen molar-refractivity contribution in [2.24, 2.45) is 4.99 Å². The van der Waals surface area contributed by atoms with Gasteiger partial charge >= 0.3 is 0 Å². The van der Waals surface area contributed by atoms with E-state index in [9.17, 15) is 4.79 Å². The zero-order valence-corrected chi connectivity index (χ0v) is 19.0. The summed E-state index contributed by atoms with van der Waals surface area (Å²) in [5.74, 6) is 1.94. The number of halogens is 1. The molecular formula is C26H24BClN3O2. The van der Waals surface area contributed by atoms with Crippen LogP contribution in [-0.2, 0) is 17.8 Å².